The summed E-state index contributed by atoms with van der Waals surface area (Å²) in [5.74, 6) is 1.68. The lowest BCUT2D eigenvalue weighted by molar-refractivity contribution is 0.0968. The predicted octanol–water partition coefficient (Wildman–Crippen LogP) is 2.58. The second-order valence-corrected chi connectivity index (χ2v) is 4.88. The van der Waals surface area contributed by atoms with E-state index < -0.39 is 0 Å². The summed E-state index contributed by atoms with van der Waals surface area (Å²) in [4.78, 5) is 0. The quantitative estimate of drug-likeness (QED) is 0.631. The fraction of sp³-hybridized carbons (Fsp3) is 0.294. The third-order valence-corrected chi connectivity index (χ3v) is 2.99. The Morgan fingerprint density at radius 1 is 0.708 bits per heavy atom. The fourth-order valence-corrected chi connectivity index (χ4v) is 1.85. The van der Waals surface area contributed by atoms with Crippen molar-refractivity contribution >= 4 is 7.69 Å². The second-order valence-electron chi connectivity index (χ2n) is 4.88. The van der Waals surface area contributed by atoms with Gasteiger partial charge in [-0.05, 0) is 67.8 Å². The summed E-state index contributed by atoms with van der Waals surface area (Å²) in [7, 11) is 0. The molecule has 2 aromatic carbocycles. The Morgan fingerprint density at radius 3 is 1.33 bits per heavy atom. The summed E-state index contributed by atoms with van der Waals surface area (Å²) >= 11 is 0. The molecule has 0 aromatic heterocycles. The molecule has 1 radical (unpaired) electrons. The van der Waals surface area contributed by atoms with Crippen LogP contribution in [0, 0.1) is 0 Å². The minimum atomic E-state index is 0. The first-order valence-corrected chi connectivity index (χ1v) is 7.59. The molecule has 0 saturated carbocycles. The van der Waals surface area contributed by atoms with Gasteiger partial charge in [-0.2, -0.15) is 0 Å². The van der Waals surface area contributed by atoms with E-state index in [1.807, 2.05) is 0 Å². The molecule has 1 aliphatic rings. The van der Waals surface area contributed by atoms with Gasteiger partial charge < -0.3 is 29.7 Å². The third kappa shape index (κ3) is 9.04. The lowest BCUT2D eigenvalue weighted by atomic mass is 10.2. The van der Waals surface area contributed by atoms with Gasteiger partial charge in [0.25, 0.3) is 0 Å². The first-order valence-electron chi connectivity index (χ1n) is 7.59. The molecule has 4 N–H and O–H groups in total. The number of benzene rings is 2. The maximum Gasteiger partial charge on any atom is 0.482 e. The number of hydrogen-bond acceptors (Lipinski definition) is 6. The maximum absolute atomic E-state index is 9.07. The number of aromatic hydroxyl groups is 2. The SMILES string of the molecule is C1CCOCC1.O[B]O.Oc1ccc(Oc2ccc(O)cc2)cc1. The lowest BCUT2D eigenvalue weighted by Crippen LogP contribution is -2.03. The Kier molecular flexibility index (Phi) is 10.1. The number of ether oxygens (including phenoxy) is 2. The van der Waals surface area contributed by atoms with E-state index in [0.29, 0.717) is 11.5 Å². The van der Waals surface area contributed by atoms with Crippen LogP contribution < -0.4 is 4.74 Å². The topological polar surface area (TPSA) is 99.4 Å². The molecule has 1 heterocycles. The highest BCUT2D eigenvalue weighted by molar-refractivity contribution is 6.13. The summed E-state index contributed by atoms with van der Waals surface area (Å²) < 4.78 is 10.5. The molecular formula is C17H22BO6. The molecule has 3 rings (SSSR count). The average molecular weight is 333 g/mol. The van der Waals surface area contributed by atoms with Gasteiger partial charge in [0, 0.05) is 13.2 Å². The van der Waals surface area contributed by atoms with Gasteiger partial charge in [0.1, 0.15) is 23.0 Å². The highest BCUT2D eigenvalue weighted by Crippen LogP contribution is 2.24. The van der Waals surface area contributed by atoms with Crippen LogP contribution in [0.15, 0.2) is 48.5 Å². The molecule has 7 heteroatoms. The highest BCUT2D eigenvalue weighted by Gasteiger charge is 1.97. The molecule has 6 nitrogen and oxygen atoms in total. The van der Waals surface area contributed by atoms with Gasteiger partial charge in [-0.3, -0.25) is 0 Å². The molecule has 0 amide bonds. The van der Waals surface area contributed by atoms with Crippen molar-refractivity contribution in [3.63, 3.8) is 0 Å². The van der Waals surface area contributed by atoms with Crippen LogP contribution in [-0.4, -0.2) is 41.2 Å². The Bertz CT molecular complexity index is 485. The van der Waals surface area contributed by atoms with Crippen molar-refractivity contribution in [2.75, 3.05) is 13.2 Å². The monoisotopic (exact) mass is 333 g/mol. The molecule has 1 saturated heterocycles. The molecule has 0 bridgehead atoms. The van der Waals surface area contributed by atoms with E-state index in [1.54, 1.807) is 48.5 Å². The summed E-state index contributed by atoms with van der Waals surface area (Å²) in [5.41, 5.74) is 0. The van der Waals surface area contributed by atoms with Gasteiger partial charge in [0.15, 0.2) is 0 Å². The van der Waals surface area contributed by atoms with E-state index in [9.17, 15) is 0 Å². The van der Waals surface area contributed by atoms with Gasteiger partial charge in [-0.1, -0.05) is 0 Å². The molecule has 0 unspecified atom stereocenters. The molecular weight excluding hydrogens is 311 g/mol. The van der Waals surface area contributed by atoms with Crippen molar-refractivity contribution in [2.24, 2.45) is 0 Å². The Morgan fingerprint density at radius 2 is 1.08 bits per heavy atom. The van der Waals surface area contributed by atoms with Crippen LogP contribution in [0.3, 0.4) is 0 Å². The zero-order chi connectivity index (χ0) is 17.6. The van der Waals surface area contributed by atoms with E-state index in [2.05, 4.69) is 0 Å². The van der Waals surface area contributed by atoms with E-state index in [-0.39, 0.29) is 19.2 Å². The molecule has 2 aromatic rings. The van der Waals surface area contributed by atoms with Crippen molar-refractivity contribution in [2.45, 2.75) is 19.3 Å². The van der Waals surface area contributed by atoms with Gasteiger partial charge in [0.2, 0.25) is 0 Å². The van der Waals surface area contributed by atoms with Crippen LogP contribution >= 0.6 is 0 Å². The van der Waals surface area contributed by atoms with Crippen LogP contribution in [-0.2, 0) is 4.74 Å². The standard InChI is InChI=1S/C12H10O3.C5H10O.BH2O2/c13-9-1-5-11(6-2-9)15-12-7-3-10(14)4-8-12;1-2-4-6-5-3-1;2-1-3/h1-8,13-14H;1-5H2;2-3H. The summed E-state index contributed by atoms with van der Waals surface area (Å²) in [6.45, 7) is 2.00. The van der Waals surface area contributed by atoms with Gasteiger partial charge in [-0.15, -0.1) is 0 Å². The number of hydrogen-bond donors (Lipinski definition) is 4. The number of rotatable bonds is 2. The van der Waals surface area contributed by atoms with Crippen LogP contribution in [0.5, 0.6) is 23.0 Å². The lowest BCUT2D eigenvalue weighted by Gasteiger charge is -2.08. The second kappa shape index (κ2) is 12.2. The zero-order valence-corrected chi connectivity index (χ0v) is 13.3. The van der Waals surface area contributed by atoms with E-state index in [4.69, 9.17) is 29.7 Å². The van der Waals surface area contributed by atoms with E-state index in [0.717, 1.165) is 13.2 Å². The van der Waals surface area contributed by atoms with Gasteiger partial charge >= 0.3 is 7.69 Å². The van der Waals surface area contributed by atoms with Crippen molar-refractivity contribution < 1.29 is 29.7 Å². The minimum Gasteiger partial charge on any atom is -0.508 e. The zero-order valence-electron chi connectivity index (χ0n) is 13.3. The van der Waals surface area contributed by atoms with Crippen molar-refractivity contribution in [1.29, 1.82) is 0 Å². The summed E-state index contributed by atoms with van der Waals surface area (Å²) in [6.07, 6.45) is 3.93. The van der Waals surface area contributed by atoms with Gasteiger partial charge in [-0.25, -0.2) is 0 Å². The average Bonchev–Trinajstić information content (AvgIpc) is 2.62. The Balaban J connectivity index is 0.000000265. The van der Waals surface area contributed by atoms with Crippen LogP contribution in [0.2, 0.25) is 0 Å². The number of phenols is 2. The largest absolute Gasteiger partial charge is 0.508 e. The van der Waals surface area contributed by atoms with Crippen molar-refractivity contribution in [3.05, 3.63) is 48.5 Å². The Hall–Kier alpha value is -2.22. The molecule has 0 atom stereocenters. The molecule has 1 aliphatic heterocycles. The molecule has 0 aliphatic carbocycles. The van der Waals surface area contributed by atoms with Crippen molar-refractivity contribution in [1.82, 2.24) is 0 Å². The van der Waals surface area contributed by atoms with Crippen LogP contribution in [0.1, 0.15) is 19.3 Å². The number of phenolic OH excluding ortho intramolecular Hbond substituents is 2. The normalized spacial score (nSPS) is 12.8. The molecule has 129 valence electrons. The van der Waals surface area contributed by atoms with E-state index in [1.165, 1.54) is 19.3 Å². The van der Waals surface area contributed by atoms with Gasteiger partial charge in [0.05, 0.1) is 0 Å². The minimum absolute atomic E-state index is 0. The molecule has 0 spiro atoms. The summed E-state index contributed by atoms with van der Waals surface area (Å²) in [5, 5.41) is 32.1. The third-order valence-electron chi connectivity index (χ3n) is 2.99. The molecule has 1 fully saturated rings. The first kappa shape index (κ1) is 19.8. The van der Waals surface area contributed by atoms with Crippen LogP contribution in [0.4, 0.5) is 0 Å². The van der Waals surface area contributed by atoms with E-state index >= 15 is 0 Å². The highest BCUT2D eigenvalue weighted by atomic mass is 16.5. The molecule has 24 heavy (non-hydrogen) atoms. The predicted molar refractivity (Wildman–Crippen MR) is 91.1 cm³/mol. The smallest absolute Gasteiger partial charge is 0.482 e. The first-order chi connectivity index (χ1) is 11.7. The Labute approximate surface area is 142 Å². The summed E-state index contributed by atoms with van der Waals surface area (Å²) in [6, 6.07) is 12.9. The fourth-order valence-electron chi connectivity index (χ4n) is 1.85. The van der Waals surface area contributed by atoms with Crippen LogP contribution in [0.25, 0.3) is 0 Å². The maximum atomic E-state index is 9.07. The van der Waals surface area contributed by atoms with Crippen molar-refractivity contribution in [3.8, 4) is 23.0 Å².